The van der Waals surface area contributed by atoms with E-state index in [0.29, 0.717) is 18.0 Å². The fourth-order valence-corrected chi connectivity index (χ4v) is 3.19. The Hall–Kier alpha value is -3.84. The molecule has 7 heteroatoms. The van der Waals surface area contributed by atoms with E-state index in [2.05, 4.69) is 5.32 Å². The number of carbonyl (C=O) groups is 2. The maximum Gasteiger partial charge on any atom is 0.257 e. The third-order valence-electron chi connectivity index (χ3n) is 4.66. The molecule has 2 amide bonds. The molecule has 158 valence electrons. The highest BCUT2D eigenvalue weighted by Gasteiger charge is 2.18. The zero-order chi connectivity index (χ0) is 21.5. The number of hydrogen-bond donors (Lipinski definition) is 1. The minimum absolute atomic E-state index is 0.204. The third kappa shape index (κ3) is 5.21. The summed E-state index contributed by atoms with van der Waals surface area (Å²) in [5.74, 6) is 0.784. The number of hydrogen-bond acceptors (Lipinski definition) is 5. The highest BCUT2D eigenvalue weighted by molar-refractivity contribution is 6.01. The molecule has 0 spiro atoms. The summed E-state index contributed by atoms with van der Waals surface area (Å²) >= 11 is 0. The molecule has 0 fully saturated rings. The summed E-state index contributed by atoms with van der Waals surface area (Å²) in [6, 6.07) is 24.1. The van der Waals surface area contributed by atoms with Gasteiger partial charge in [0.05, 0.1) is 0 Å². The number of rotatable bonds is 8. The van der Waals surface area contributed by atoms with Crippen LogP contribution in [-0.4, -0.2) is 31.8 Å². The molecule has 0 saturated heterocycles. The maximum atomic E-state index is 12.9. The molecule has 3 aromatic carbocycles. The van der Waals surface area contributed by atoms with Gasteiger partial charge in [-0.25, -0.2) is 0 Å². The Morgan fingerprint density at radius 2 is 1.48 bits per heavy atom. The zero-order valence-corrected chi connectivity index (χ0v) is 16.8. The number of fused-ring (bicyclic) bond motifs is 1. The van der Waals surface area contributed by atoms with Gasteiger partial charge in [-0.1, -0.05) is 42.5 Å². The van der Waals surface area contributed by atoms with E-state index in [-0.39, 0.29) is 31.8 Å². The van der Waals surface area contributed by atoms with Gasteiger partial charge in [-0.3, -0.25) is 14.5 Å². The number of nitrogens with one attached hydrogen (secondary N) is 1. The highest BCUT2D eigenvalue weighted by Crippen LogP contribution is 2.32. The van der Waals surface area contributed by atoms with Crippen LogP contribution in [0.2, 0.25) is 0 Å². The Kier molecular flexibility index (Phi) is 6.44. The van der Waals surface area contributed by atoms with E-state index >= 15 is 0 Å². The van der Waals surface area contributed by atoms with E-state index in [1.807, 2.05) is 72.8 Å². The molecule has 0 atom stereocenters. The monoisotopic (exact) mass is 418 g/mol. The lowest BCUT2D eigenvalue weighted by molar-refractivity contribution is -0.129. The molecule has 1 N–H and O–H groups in total. The summed E-state index contributed by atoms with van der Waals surface area (Å²) < 4.78 is 16.0. The smallest absolute Gasteiger partial charge is 0.257 e. The largest absolute Gasteiger partial charge is 0.454 e. The SMILES string of the molecule is O=C(COCC(=O)N(c1ccccc1)c1ccccc1)NCc1ccc2c(c1)OCO2. The molecular weight excluding hydrogens is 396 g/mol. The van der Waals surface area contributed by atoms with Gasteiger partial charge in [-0.05, 0) is 42.0 Å². The predicted molar refractivity (Wildman–Crippen MR) is 115 cm³/mol. The molecule has 0 radical (unpaired) electrons. The van der Waals surface area contributed by atoms with Crippen molar-refractivity contribution in [2.24, 2.45) is 0 Å². The summed E-state index contributed by atoms with van der Waals surface area (Å²) in [6.45, 7) is 0.0951. The van der Waals surface area contributed by atoms with Crippen molar-refractivity contribution in [2.75, 3.05) is 24.9 Å². The topological polar surface area (TPSA) is 77.1 Å². The Labute approximate surface area is 180 Å². The van der Waals surface area contributed by atoms with Crippen LogP contribution in [0.15, 0.2) is 78.9 Å². The number of anilines is 2. The van der Waals surface area contributed by atoms with Gasteiger partial charge in [0.1, 0.15) is 13.2 Å². The number of amides is 2. The molecule has 3 aromatic rings. The number of benzene rings is 3. The lowest BCUT2D eigenvalue weighted by Crippen LogP contribution is -2.32. The van der Waals surface area contributed by atoms with Crippen molar-refractivity contribution in [3.8, 4) is 11.5 Å². The molecule has 7 nitrogen and oxygen atoms in total. The van der Waals surface area contributed by atoms with E-state index in [4.69, 9.17) is 14.2 Å². The van der Waals surface area contributed by atoms with Crippen LogP contribution in [0.1, 0.15) is 5.56 Å². The predicted octanol–water partition coefficient (Wildman–Crippen LogP) is 3.41. The molecule has 1 aliphatic heterocycles. The normalized spacial score (nSPS) is 11.7. The van der Waals surface area contributed by atoms with E-state index < -0.39 is 0 Å². The van der Waals surface area contributed by atoms with Gasteiger partial charge in [0.2, 0.25) is 12.7 Å². The van der Waals surface area contributed by atoms with Gasteiger partial charge >= 0.3 is 0 Å². The summed E-state index contributed by atoms with van der Waals surface area (Å²) in [5.41, 5.74) is 2.34. The molecule has 31 heavy (non-hydrogen) atoms. The van der Waals surface area contributed by atoms with Crippen LogP contribution >= 0.6 is 0 Å². The molecule has 1 heterocycles. The quantitative estimate of drug-likeness (QED) is 0.607. The molecule has 0 bridgehead atoms. The first kappa shape index (κ1) is 20.4. The van der Waals surface area contributed by atoms with Crippen LogP contribution in [0.3, 0.4) is 0 Å². The van der Waals surface area contributed by atoms with Crippen molar-refractivity contribution in [3.63, 3.8) is 0 Å². The molecule has 4 rings (SSSR count). The third-order valence-corrected chi connectivity index (χ3v) is 4.66. The van der Waals surface area contributed by atoms with Crippen LogP contribution < -0.4 is 19.7 Å². The highest BCUT2D eigenvalue weighted by atomic mass is 16.7. The number of nitrogens with zero attached hydrogens (tertiary/aromatic N) is 1. The van der Waals surface area contributed by atoms with Crippen molar-refractivity contribution in [2.45, 2.75) is 6.54 Å². The first-order chi connectivity index (χ1) is 15.2. The van der Waals surface area contributed by atoms with E-state index in [1.54, 1.807) is 11.0 Å². The van der Waals surface area contributed by atoms with Crippen molar-refractivity contribution in [3.05, 3.63) is 84.4 Å². The minimum atomic E-state index is -0.309. The van der Waals surface area contributed by atoms with Gasteiger partial charge in [0, 0.05) is 17.9 Å². The first-order valence-electron chi connectivity index (χ1n) is 9.87. The number of carbonyl (C=O) groups excluding carboxylic acids is 2. The van der Waals surface area contributed by atoms with Crippen molar-refractivity contribution in [1.29, 1.82) is 0 Å². The van der Waals surface area contributed by atoms with Crippen LogP contribution in [0.25, 0.3) is 0 Å². The molecule has 1 aliphatic rings. The van der Waals surface area contributed by atoms with Crippen molar-refractivity contribution >= 4 is 23.2 Å². The zero-order valence-electron chi connectivity index (χ0n) is 16.8. The summed E-state index contributed by atoms with van der Waals surface area (Å²) in [5, 5.41) is 2.77. The Morgan fingerprint density at radius 1 is 0.839 bits per heavy atom. The Bertz CT molecular complexity index is 1000. The number of para-hydroxylation sites is 2. The minimum Gasteiger partial charge on any atom is -0.454 e. The summed E-state index contributed by atoms with van der Waals surface area (Å²) in [6.07, 6.45) is 0. The molecular formula is C24H22N2O5. The van der Waals surface area contributed by atoms with Crippen LogP contribution in [0.4, 0.5) is 11.4 Å². The van der Waals surface area contributed by atoms with E-state index in [1.165, 1.54) is 0 Å². The lowest BCUT2D eigenvalue weighted by atomic mass is 10.2. The average Bonchev–Trinajstić information content (AvgIpc) is 3.27. The lowest BCUT2D eigenvalue weighted by Gasteiger charge is -2.23. The molecule has 0 aromatic heterocycles. The van der Waals surface area contributed by atoms with Crippen LogP contribution in [0, 0.1) is 0 Å². The van der Waals surface area contributed by atoms with Gasteiger partial charge in [0.15, 0.2) is 11.5 Å². The van der Waals surface area contributed by atoms with Gasteiger partial charge in [-0.15, -0.1) is 0 Å². The molecule has 0 unspecified atom stereocenters. The summed E-state index contributed by atoms with van der Waals surface area (Å²) in [4.78, 5) is 26.6. The van der Waals surface area contributed by atoms with Gasteiger partial charge in [-0.2, -0.15) is 0 Å². The fourth-order valence-electron chi connectivity index (χ4n) is 3.19. The first-order valence-corrected chi connectivity index (χ1v) is 9.87. The van der Waals surface area contributed by atoms with Crippen LogP contribution in [-0.2, 0) is 20.9 Å². The molecule has 0 aliphatic carbocycles. The van der Waals surface area contributed by atoms with Crippen molar-refractivity contribution < 1.29 is 23.8 Å². The second kappa shape index (κ2) is 9.77. The Morgan fingerprint density at radius 3 is 2.16 bits per heavy atom. The number of ether oxygens (including phenoxy) is 3. The average molecular weight is 418 g/mol. The van der Waals surface area contributed by atoms with Crippen molar-refractivity contribution in [1.82, 2.24) is 5.32 Å². The van der Waals surface area contributed by atoms with E-state index in [9.17, 15) is 9.59 Å². The standard InChI is InChI=1S/C24H22N2O5/c27-23(25-14-18-11-12-21-22(13-18)31-17-30-21)15-29-16-24(28)26(19-7-3-1-4-8-19)20-9-5-2-6-10-20/h1-13H,14-17H2,(H,25,27). The van der Waals surface area contributed by atoms with E-state index in [0.717, 1.165) is 16.9 Å². The maximum absolute atomic E-state index is 12.9. The van der Waals surface area contributed by atoms with Gasteiger partial charge < -0.3 is 19.5 Å². The fraction of sp³-hybridized carbons (Fsp3) is 0.167. The second-order valence-electron chi connectivity index (χ2n) is 6.86. The second-order valence-corrected chi connectivity index (χ2v) is 6.86. The van der Waals surface area contributed by atoms with Gasteiger partial charge in [0.25, 0.3) is 5.91 Å². The van der Waals surface area contributed by atoms with Crippen LogP contribution in [0.5, 0.6) is 11.5 Å². The molecule has 0 saturated carbocycles. The summed E-state index contributed by atoms with van der Waals surface area (Å²) in [7, 11) is 0. The Balaban J connectivity index is 1.29.